The Kier molecular flexibility index (Phi) is 8.92. The van der Waals surface area contributed by atoms with Crippen LogP contribution in [0.15, 0.2) is 64.2 Å². The number of fused-ring (bicyclic) bond motifs is 2. The van der Waals surface area contributed by atoms with Crippen LogP contribution in [-0.4, -0.2) is 58.3 Å². The van der Waals surface area contributed by atoms with Gasteiger partial charge in [0, 0.05) is 39.8 Å². The van der Waals surface area contributed by atoms with Crippen LogP contribution < -0.4 is 16.1 Å². The van der Waals surface area contributed by atoms with Gasteiger partial charge in [0.05, 0.1) is 6.42 Å². The molecule has 8 heteroatoms. The second kappa shape index (κ2) is 12.8. The third-order valence-corrected chi connectivity index (χ3v) is 8.67. The van der Waals surface area contributed by atoms with E-state index in [4.69, 9.17) is 0 Å². The number of carbonyl (C=O) groups is 1. The lowest BCUT2D eigenvalue weighted by Gasteiger charge is -2.34. The second-order valence-electron chi connectivity index (χ2n) is 11.6. The number of nitrogens with zero attached hydrogens (tertiary/aromatic N) is 4. The largest absolute Gasteiger partial charge is 0.481 e. The molecule has 2 heterocycles. The zero-order valence-electron chi connectivity index (χ0n) is 24.8. The van der Waals surface area contributed by atoms with Crippen molar-refractivity contribution >= 4 is 29.5 Å². The maximum absolute atomic E-state index is 12.3. The Morgan fingerprint density at radius 2 is 1.67 bits per heavy atom. The highest BCUT2D eigenvalue weighted by Crippen LogP contribution is 2.35. The molecule has 8 nitrogen and oxygen atoms in total. The Bertz CT molecular complexity index is 1640. The zero-order valence-corrected chi connectivity index (χ0v) is 24.8. The van der Waals surface area contributed by atoms with Gasteiger partial charge in [0.15, 0.2) is 0 Å². The topological polar surface area (TPSA) is 87.8 Å². The number of piperidine rings is 1. The lowest BCUT2D eigenvalue weighted by molar-refractivity contribution is -0.136. The second-order valence-corrected chi connectivity index (χ2v) is 11.6. The summed E-state index contributed by atoms with van der Waals surface area (Å²) in [6, 6.07) is 15.9. The Balaban J connectivity index is 1.20. The summed E-state index contributed by atoms with van der Waals surface area (Å²) in [5.74, 6) is 0.498. The summed E-state index contributed by atoms with van der Waals surface area (Å²) in [7, 11) is 5.41. The number of carboxylic acid groups (broad SMARTS) is 1. The molecule has 0 saturated carbocycles. The molecule has 5 rings (SSSR count). The first-order chi connectivity index (χ1) is 20.2. The minimum atomic E-state index is -0.825. The number of anilines is 1. The summed E-state index contributed by atoms with van der Waals surface area (Å²) in [5.41, 5.74) is 5.92. The van der Waals surface area contributed by atoms with Crippen molar-refractivity contribution in [2.24, 2.45) is 20.0 Å². The average Bonchev–Trinajstić information content (AvgIpc) is 3.13. The van der Waals surface area contributed by atoms with Crippen LogP contribution in [0.25, 0.3) is 17.7 Å². The molecule has 1 N–H and O–H groups in total. The van der Waals surface area contributed by atoms with E-state index in [0.29, 0.717) is 11.7 Å². The highest BCUT2D eigenvalue weighted by atomic mass is 16.4. The summed E-state index contributed by atoms with van der Waals surface area (Å²) in [6.07, 6.45) is 10.7. The molecule has 2 aliphatic rings. The molecule has 0 amide bonds. The van der Waals surface area contributed by atoms with Crippen LogP contribution in [0.1, 0.15) is 53.5 Å². The number of rotatable bonds is 9. The van der Waals surface area contributed by atoms with Gasteiger partial charge in [-0.15, -0.1) is 0 Å². The van der Waals surface area contributed by atoms with Crippen molar-refractivity contribution in [1.29, 1.82) is 0 Å². The normalized spacial score (nSPS) is 16.0. The molecule has 0 spiro atoms. The number of benzene rings is 2. The van der Waals surface area contributed by atoms with Gasteiger partial charge in [0.1, 0.15) is 5.82 Å². The first-order valence-corrected chi connectivity index (χ1v) is 14.7. The molecular formula is C34H40N4O4. The molecule has 3 aromatic rings. The van der Waals surface area contributed by atoms with Crippen LogP contribution in [0.4, 0.5) is 5.82 Å². The van der Waals surface area contributed by atoms with Crippen LogP contribution in [0.5, 0.6) is 0 Å². The van der Waals surface area contributed by atoms with Crippen molar-refractivity contribution in [2.45, 2.75) is 32.1 Å². The van der Waals surface area contributed by atoms with Gasteiger partial charge >= 0.3 is 11.7 Å². The summed E-state index contributed by atoms with van der Waals surface area (Å²) in [4.78, 5) is 40.4. The van der Waals surface area contributed by atoms with Gasteiger partial charge in [-0.1, -0.05) is 54.6 Å². The molecule has 1 aliphatic heterocycles. The molecule has 0 bridgehead atoms. The Morgan fingerprint density at radius 3 is 2.40 bits per heavy atom. The van der Waals surface area contributed by atoms with Gasteiger partial charge in [0.25, 0.3) is 5.56 Å². The van der Waals surface area contributed by atoms with Gasteiger partial charge in [-0.25, -0.2) is 4.79 Å². The Hall–Kier alpha value is -4.17. The van der Waals surface area contributed by atoms with Crippen molar-refractivity contribution in [1.82, 2.24) is 14.0 Å². The standard InChI is InChI=1S/C34H40N4O4/c1-35(18-14-24-15-19-38(20-16-24)31-23-32(39)37(3)34(42)36(31)2)17-6-9-29-28-8-5-4-7-26(28)12-13-27-11-10-25(21-30(27)29)22-33(40)41/h4-5,7-13,21,23-24H,6,14-20,22H2,1-3H3,(H,40,41)/b29-9-. The summed E-state index contributed by atoms with van der Waals surface area (Å²) in [6.45, 7) is 3.63. The fourth-order valence-corrected chi connectivity index (χ4v) is 6.12. The smallest absolute Gasteiger partial charge is 0.332 e. The van der Waals surface area contributed by atoms with Crippen molar-refractivity contribution in [3.63, 3.8) is 0 Å². The van der Waals surface area contributed by atoms with E-state index in [1.165, 1.54) is 12.6 Å². The molecule has 42 heavy (non-hydrogen) atoms. The van der Waals surface area contributed by atoms with Gasteiger partial charge < -0.3 is 14.9 Å². The van der Waals surface area contributed by atoms with E-state index in [2.05, 4.69) is 53.3 Å². The number of hydrogen-bond donors (Lipinski definition) is 1. The zero-order chi connectivity index (χ0) is 29.8. The van der Waals surface area contributed by atoms with Crippen LogP contribution in [0, 0.1) is 5.92 Å². The van der Waals surface area contributed by atoms with E-state index in [9.17, 15) is 19.5 Å². The van der Waals surface area contributed by atoms with Gasteiger partial charge in [-0.05, 0) is 84.7 Å². The molecule has 1 saturated heterocycles. The Labute approximate surface area is 246 Å². The first-order valence-electron chi connectivity index (χ1n) is 14.7. The van der Waals surface area contributed by atoms with E-state index in [-0.39, 0.29) is 17.7 Å². The van der Waals surface area contributed by atoms with Crippen LogP contribution >= 0.6 is 0 Å². The van der Waals surface area contributed by atoms with E-state index in [1.807, 2.05) is 24.3 Å². The maximum Gasteiger partial charge on any atom is 0.332 e. The highest BCUT2D eigenvalue weighted by Gasteiger charge is 2.22. The van der Waals surface area contributed by atoms with E-state index in [1.54, 1.807) is 17.7 Å². The van der Waals surface area contributed by atoms with Crippen LogP contribution in [-0.2, 0) is 25.3 Å². The van der Waals surface area contributed by atoms with E-state index < -0.39 is 5.97 Å². The van der Waals surface area contributed by atoms with Crippen molar-refractivity contribution in [2.75, 3.05) is 38.1 Å². The van der Waals surface area contributed by atoms with Crippen molar-refractivity contribution < 1.29 is 9.90 Å². The molecule has 220 valence electrons. The fraction of sp³-hybridized carbons (Fsp3) is 0.382. The average molecular weight is 569 g/mol. The SMILES string of the molecule is CN(CC/C=C1/c2ccccc2C=Cc2ccc(CC(=O)O)cc21)CCC1CCN(c2cc(=O)n(C)c(=O)n2C)CC1. The molecule has 2 aromatic carbocycles. The fourth-order valence-electron chi connectivity index (χ4n) is 6.12. The quantitative estimate of drug-likeness (QED) is 0.325. The predicted octanol–water partition coefficient (Wildman–Crippen LogP) is 4.26. The molecule has 1 aromatic heterocycles. The number of hydrogen-bond acceptors (Lipinski definition) is 5. The minimum Gasteiger partial charge on any atom is -0.481 e. The third-order valence-electron chi connectivity index (χ3n) is 8.67. The molecule has 0 radical (unpaired) electrons. The van der Waals surface area contributed by atoms with Gasteiger partial charge in [0.2, 0.25) is 0 Å². The summed E-state index contributed by atoms with van der Waals surface area (Å²) < 4.78 is 2.71. The minimum absolute atomic E-state index is 0.00940. The number of aromatic nitrogens is 2. The first kappa shape index (κ1) is 29.3. The van der Waals surface area contributed by atoms with Crippen molar-refractivity contribution in [3.8, 4) is 0 Å². The van der Waals surface area contributed by atoms with Crippen LogP contribution in [0.3, 0.4) is 0 Å². The van der Waals surface area contributed by atoms with Crippen LogP contribution in [0.2, 0.25) is 0 Å². The molecule has 0 unspecified atom stereocenters. The third kappa shape index (κ3) is 6.49. The summed E-state index contributed by atoms with van der Waals surface area (Å²) in [5, 5.41) is 9.34. The number of carboxylic acids is 1. The van der Waals surface area contributed by atoms with Crippen molar-refractivity contribution in [3.05, 3.63) is 103 Å². The molecular weight excluding hydrogens is 528 g/mol. The van der Waals surface area contributed by atoms with Gasteiger partial charge in [-0.3, -0.25) is 18.7 Å². The van der Waals surface area contributed by atoms with E-state index in [0.717, 1.165) is 84.3 Å². The van der Waals surface area contributed by atoms with Gasteiger partial charge in [-0.2, -0.15) is 0 Å². The molecule has 1 aliphatic carbocycles. The summed E-state index contributed by atoms with van der Waals surface area (Å²) >= 11 is 0. The highest BCUT2D eigenvalue weighted by molar-refractivity contribution is 5.94. The maximum atomic E-state index is 12.3. The lowest BCUT2D eigenvalue weighted by Crippen LogP contribution is -2.43. The number of aliphatic carboxylic acids is 1. The molecule has 0 atom stereocenters. The lowest BCUT2D eigenvalue weighted by atomic mass is 9.91. The predicted molar refractivity (Wildman–Crippen MR) is 169 cm³/mol. The monoisotopic (exact) mass is 568 g/mol. The molecule has 1 fully saturated rings. The van der Waals surface area contributed by atoms with E-state index >= 15 is 0 Å². The Morgan fingerprint density at radius 1 is 0.952 bits per heavy atom.